The Morgan fingerprint density at radius 3 is 2.50 bits per heavy atom. The second-order valence-electron chi connectivity index (χ2n) is 7.63. The summed E-state index contributed by atoms with van der Waals surface area (Å²) >= 11 is 0. The van der Waals surface area contributed by atoms with Crippen LogP contribution in [0.15, 0.2) is 18.2 Å². The Morgan fingerprint density at radius 1 is 1.08 bits per heavy atom. The summed E-state index contributed by atoms with van der Waals surface area (Å²) in [4.78, 5) is 10.0. The molecule has 1 aromatic carbocycles. The number of likely N-dealkylation sites (tertiary alicyclic amines) is 1. The summed E-state index contributed by atoms with van der Waals surface area (Å²) in [5.41, 5.74) is 2.06. The minimum Gasteiger partial charge on any atom is -0.496 e. The van der Waals surface area contributed by atoms with Crippen LogP contribution in [-0.4, -0.2) is 55.8 Å². The van der Waals surface area contributed by atoms with Crippen molar-refractivity contribution in [3.63, 3.8) is 0 Å². The molecule has 3 heterocycles. The van der Waals surface area contributed by atoms with E-state index in [1.54, 1.807) is 14.2 Å². The Balaban J connectivity index is 1.60. The van der Waals surface area contributed by atoms with Gasteiger partial charge in [-0.25, -0.2) is 4.98 Å². The standard InChI is InChI=1S/C21H29N3O2/c1-14-11-19(22-21-18(26-4)9-8-17(25-3)20(14)21)23-12-16(13-23)24-10-6-5-7-15(24)2/h8-9,11,15-16H,5-7,10,12-13H2,1-4H3. The molecule has 140 valence electrons. The number of fused-ring (bicyclic) bond motifs is 1. The molecule has 0 N–H and O–H groups in total. The van der Waals surface area contributed by atoms with Gasteiger partial charge in [0.05, 0.1) is 14.2 Å². The molecule has 0 bridgehead atoms. The Kier molecular flexibility index (Phi) is 4.65. The number of methoxy groups -OCH3 is 2. The Hall–Kier alpha value is -2.01. The van der Waals surface area contributed by atoms with Crippen LogP contribution in [0.4, 0.5) is 5.82 Å². The largest absolute Gasteiger partial charge is 0.496 e. The van der Waals surface area contributed by atoms with Crippen molar-refractivity contribution in [2.24, 2.45) is 0 Å². The normalized spacial score (nSPS) is 21.7. The molecule has 1 aromatic heterocycles. The van der Waals surface area contributed by atoms with E-state index >= 15 is 0 Å². The number of nitrogens with zero attached hydrogens (tertiary/aromatic N) is 3. The highest BCUT2D eigenvalue weighted by atomic mass is 16.5. The molecule has 2 fully saturated rings. The van der Waals surface area contributed by atoms with E-state index in [9.17, 15) is 0 Å². The van der Waals surface area contributed by atoms with Crippen molar-refractivity contribution in [1.29, 1.82) is 0 Å². The van der Waals surface area contributed by atoms with Crippen LogP contribution in [0.25, 0.3) is 10.9 Å². The molecule has 5 nitrogen and oxygen atoms in total. The van der Waals surface area contributed by atoms with Gasteiger partial charge in [0.15, 0.2) is 0 Å². The summed E-state index contributed by atoms with van der Waals surface area (Å²) in [6.07, 6.45) is 4.05. The molecule has 2 aliphatic heterocycles. The molecule has 2 aromatic rings. The highest BCUT2D eigenvalue weighted by Gasteiger charge is 2.36. The molecule has 2 saturated heterocycles. The lowest BCUT2D eigenvalue weighted by Crippen LogP contribution is -2.62. The van der Waals surface area contributed by atoms with Gasteiger partial charge in [-0.1, -0.05) is 6.42 Å². The number of aromatic nitrogens is 1. The lowest BCUT2D eigenvalue weighted by Gasteiger charge is -2.49. The number of anilines is 1. The van der Waals surface area contributed by atoms with Gasteiger partial charge in [-0.15, -0.1) is 0 Å². The quantitative estimate of drug-likeness (QED) is 0.837. The van der Waals surface area contributed by atoms with Crippen LogP contribution in [0.3, 0.4) is 0 Å². The molecule has 0 amide bonds. The fourth-order valence-corrected chi connectivity index (χ4v) is 4.47. The van der Waals surface area contributed by atoms with Crippen molar-refractivity contribution in [3.8, 4) is 11.5 Å². The van der Waals surface area contributed by atoms with E-state index in [4.69, 9.17) is 14.5 Å². The van der Waals surface area contributed by atoms with Crippen molar-refractivity contribution in [2.75, 3.05) is 38.8 Å². The SMILES string of the molecule is COc1ccc(OC)c2c(C)cc(N3CC(N4CCCCC4C)C3)nc12. The van der Waals surface area contributed by atoms with Gasteiger partial charge in [0.25, 0.3) is 0 Å². The van der Waals surface area contributed by atoms with Crippen LogP contribution in [0.1, 0.15) is 31.7 Å². The smallest absolute Gasteiger partial charge is 0.145 e. The third-order valence-corrected chi connectivity index (χ3v) is 6.02. The van der Waals surface area contributed by atoms with Gasteiger partial charge in [-0.05, 0) is 57.0 Å². The summed E-state index contributed by atoms with van der Waals surface area (Å²) in [6, 6.07) is 7.44. The molecule has 0 radical (unpaired) electrons. The summed E-state index contributed by atoms with van der Waals surface area (Å²) in [5, 5.41) is 1.04. The number of piperidine rings is 1. The molecule has 0 saturated carbocycles. The summed E-state index contributed by atoms with van der Waals surface area (Å²) < 4.78 is 11.1. The lowest BCUT2D eigenvalue weighted by molar-refractivity contribution is 0.0873. The number of benzene rings is 1. The molecule has 5 heteroatoms. The zero-order valence-electron chi connectivity index (χ0n) is 16.3. The van der Waals surface area contributed by atoms with Crippen molar-refractivity contribution in [2.45, 2.75) is 45.2 Å². The zero-order chi connectivity index (χ0) is 18.3. The van der Waals surface area contributed by atoms with Gasteiger partial charge in [-0.3, -0.25) is 4.90 Å². The maximum Gasteiger partial charge on any atom is 0.145 e. The van der Waals surface area contributed by atoms with Gasteiger partial charge in [0.2, 0.25) is 0 Å². The Bertz CT molecular complexity index is 801. The van der Waals surface area contributed by atoms with Crippen LogP contribution in [-0.2, 0) is 0 Å². The summed E-state index contributed by atoms with van der Waals surface area (Å²) in [6.45, 7) is 7.87. The van der Waals surface area contributed by atoms with E-state index in [2.05, 4.69) is 29.7 Å². The number of hydrogen-bond donors (Lipinski definition) is 0. The van der Waals surface area contributed by atoms with Gasteiger partial charge >= 0.3 is 0 Å². The maximum absolute atomic E-state index is 5.55. The predicted octanol–water partition coefficient (Wildman–Crippen LogP) is 3.62. The van der Waals surface area contributed by atoms with Crippen LogP contribution in [0.5, 0.6) is 11.5 Å². The van der Waals surface area contributed by atoms with Crippen LogP contribution in [0, 0.1) is 6.92 Å². The lowest BCUT2D eigenvalue weighted by atomic mass is 9.97. The predicted molar refractivity (Wildman–Crippen MR) is 106 cm³/mol. The van der Waals surface area contributed by atoms with Gasteiger partial charge in [-0.2, -0.15) is 0 Å². The molecular formula is C21H29N3O2. The molecule has 26 heavy (non-hydrogen) atoms. The highest BCUT2D eigenvalue weighted by molar-refractivity contribution is 5.94. The summed E-state index contributed by atoms with van der Waals surface area (Å²) in [5.74, 6) is 2.69. The third-order valence-electron chi connectivity index (χ3n) is 6.02. The van der Waals surface area contributed by atoms with Crippen molar-refractivity contribution >= 4 is 16.7 Å². The minimum absolute atomic E-state index is 0.662. The first-order chi connectivity index (χ1) is 12.6. The highest BCUT2D eigenvalue weighted by Crippen LogP contribution is 2.37. The minimum atomic E-state index is 0.662. The van der Waals surface area contributed by atoms with Crippen LogP contribution >= 0.6 is 0 Å². The van der Waals surface area contributed by atoms with E-state index in [0.717, 1.165) is 41.3 Å². The van der Waals surface area contributed by atoms with E-state index in [1.807, 2.05) is 12.1 Å². The number of ether oxygens (including phenoxy) is 2. The molecule has 1 atom stereocenters. The topological polar surface area (TPSA) is 37.8 Å². The Labute approximate surface area is 155 Å². The van der Waals surface area contributed by atoms with Crippen LogP contribution < -0.4 is 14.4 Å². The molecule has 2 aliphatic rings. The maximum atomic E-state index is 5.55. The fraction of sp³-hybridized carbons (Fsp3) is 0.571. The number of hydrogen-bond acceptors (Lipinski definition) is 5. The van der Waals surface area contributed by atoms with E-state index in [-0.39, 0.29) is 0 Å². The first-order valence-corrected chi connectivity index (χ1v) is 9.65. The molecule has 1 unspecified atom stereocenters. The summed E-state index contributed by atoms with van der Waals surface area (Å²) in [7, 11) is 3.40. The van der Waals surface area contributed by atoms with Crippen molar-refractivity contribution in [1.82, 2.24) is 9.88 Å². The number of rotatable bonds is 4. The van der Waals surface area contributed by atoms with Crippen molar-refractivity contribution in [3.05, 3.63) is 23.8 Å². The van der Waals surface area contributed by atoms with E-state index in [0.29, 0.717) is 12.1 Å². The second kappa shape index (κ2) is 6.95. The third kappa shape index (κ3) is 2.88. The van der Waals surface area contributed by atoms with Crippen LogP contribution in [0.2, 0.25) is 0 Å². The van der Waals surface area contributed by atoms with Crippen molar-refractivity contribution < 1.29 is 9.47 Å². The molecule has 4 rings (SSSR count). The van der Waals surface area contributed by atoms with E-state index in [1.165, 1.54) is 31.4 Å². The Morgan fingerprint density at radius 2 is 1.81 bits per heavy atom. The molecule has 0 spiro atoms. The van der Waals surface area contributed by atoms with E-state index < -0.39 is 0 Å². The average Bonchev–Trinajstić information content (AvgIpc) is 2.61. The number of pyridine rings is 1. The second-order valence-corrected chi connectivity index (χ2v) is 7.63. The first kappa shape index (κ1) is 17.4. The van der Waals surface area contributed by atoms with Gasteiger partial charge in [0.1, 0.15) is 22.8 Å². The average molecular weight is 355 g/mol. The number of aryl methyl sites for hydroxylation is 1. The monoisotopic (exact) mass is 355 g/mol. The molecular weight excluding hydrogens is 326 g/mol. The fourth-order valence-electron chi connectivity index (χ4n) is 4.47. The zero-order valence-corrected chi connectivity index (χ0v) is 16.3. The van der Waals surface area contributed by atoms with Gasteiger partial charge < -0.3 is 14.4 Å². The van der Waals surface area contributed by atoms with Gasteiger partial charge in [0, 0.05) is 30.6 Å². The molecule has 0 aliphatic carbocycles. The first-order valence-electron chi connectivity index (χ1n) is 9.65.